The lowest BCUT2D eigenvalue weighted by Crippen LogP contribution is -2.32. The van der Waals surface area contributed by atoms with Crippen LogP contribution in [0.25, 0.3) is 11.3 Å². The van der Waals surface area contributed by atoms with E-state index in [2.05, 4.69) is 84.3 Å². The fraction of sp³-hybridized carbons (Fsp3) is 0.333. The van der Waals surface area contributed by atoms with Crippen LogP contribution in [0.1, 0.15) is 32.3 Å². The lowest BCUT2D eigenvalue weighted by atomic mass is 10.1. The predicted octanol–water partition coefficient (Wildman–Crippen LogP) is 5.16. The summed E-state index contributed by atoms with van der Waals surface area (Å²) in [6, 6.07) is 23.5. The summed E-state index contributed by atoms with van der Waals surface area (Å²) in [5.74, 6) is 1.85. The van der Waals surface area contributed by atoms with Crippen molar-refractivity contribution >= 4 is 11.8 Å². The van der Waals surface area contributed by atoms with Gasteiger partial charge in [0.15, 0.2) is 0 Å². The molecule has 4 rings (SSSR count). The summed E-state index contributed by atoms with van der Waals surface area (Å²) >= 11 is 0. The molecule has 4 nitrogen and oxygen atoms in total. The Balaban J connectivity index is 1.75. The van der Waals surface area contributed by atoms with E-state index in [9.17, 15) is 0 Å². The maximum Gasteiger partial charge on any atom is 0.227 e. The van der Waals surface area contributed by atoms with Crippen LogP contribution in [0.4, 0.5) is 11.8 Å². The van der Waals surface area contributed by atoms with Crippen molar-refractivity contribution < 1.29 is 0 Å². The number of rotatable bonds is 6. The Hall–Kier alpha value is -2.88. The molecule has 0 atom stereocenters. The van der Waals surface area contributed by atoms with Crippen molar-refractivity contribution in [1.82, 2.24) is 9.97 Å². The van der Waals surface area contributed by atoms with Crippen LogP contribution in [-0.4, -0.2) is 29.1 Å². The van der Waals surface area contributed by atoms with Crippen molar-refractivity contribution in [2.24, 2.45) is 0 Å². The van der Waals surface area contributed by atoms with Crippen LogP contribution in [0.3, 0.4) is 0 Å². The summed E-state index contributed by atoms with van der Waals surface area (Å²) in [6.07, 6.45) is 2.43. The Bertz CT molecular complexity index is 887. The molecule has 2 aromatic carbocycles. The highest BCUT2D eigenvalue weighted by Crippen LogP contribution is 2.28. The van der Waals surface area contributed by atoms with Crippen molar-refractivity contribution in [3.63, 3.8) is 0 Å². The number of aromatic nitrogens is 2. The summed E-state index contributed by atoms with van der Waals surface area (Å²) in [5, 5.41) is 0. The van der Waals surface area contributed by atoms with E-state index in [4.69, 9.17) is 9.97 Å². The van der Waals surface area contributed by atoms with Gasteiger partial charge in [0.1, 0.15) is 5.82 Å². The van der Waals surface area contributed by atoms with E-state index in [1.807, 2.05) is 6.07 Å². The number of benzene rings is 2. The third-order valence-corrected chi connectivity index (χ3v) is 5.27. The van der Waals surface area contributed by atoms with Gasteiger partial charge in [-0.1, -0.05) is 60.7 Å². The summed E-state index contributed by atoms with van der Waals surface area (Å²) in [4.78, 5) is 14.6. The Morgan fingerprint density at radius 2 is 1.54 bits per heavy atom. The second kappa shape index (κ2) is 8.42. The molecule has 0 radical (unpaired) electrons. The summed E-state index contributed by atoms with van der Waals surface area (Å²) < 4.78 is 0. The van der Waals surface area contributed by atoms with Gasteiger partial charge in [-0.25, -0.2) is 4.98 Å². The van der Waals surface area contributed by atoms with E-state index in [0.29, 0.717) is 6.04 Å². The number of nitrogens with zero attached hydrogens (tertiary/aromatic N) is 4. The number of anilines is 2. The third-order valence-electron chi connectivity index (χ3n) is 5.27. The van der Waals surface area contributed by atoms with Crippen LogP contribution in [0.2, 0.25) is 0 Å². The second-order valence-electron chi connectivity index (χ2n) is 7.68. The van der Waals surface area contributed by atoms with E-state index in [0.717, 1.165) is 42.7 Å². The van der Waals surface area contributed by atoms with Gasteiger partial charge >= 0.3 is 0 Å². The lowest BCUT2D eigenvalue weighted by molar-refractivity contribution is 0.670. The quantitative estimate of drug-likeness (QED) is 0.598. The molecule has 1 aliphatic rings. The van der Waals surface area contributed by atoms with E-state index in [1.165, 1.54) is 18.4 Å². The topological polar surface area (TPSA) is 32.3 Å². The molecule has 28 heavy (non-hydrogen) atoms. The summed E-state index contributed by atoms with van der Waals surface area (Å²) in [5.41, 5.74) is 3.42. The van der Waals surface area contributed by atoms with E-state index in [-0.39, 0.29) is 0 Å². The second-order valence-corrected chi connectivity index (χ2v) is 7.68. The Kier molecular flexibility index (Phi) is 5.56. The Labute approximate surface area is 167 Å². The number of hydrogen-bond acceptors (Lipinski definition) is 4. The molecule has 1 aliphatic heterocycles. The molecule has 2 heterocycles. The SMILES string of the molecule is CC(C)N(Cc1ccccc1)c1cc(-c2ccccc2)nc(N2CCCC2)n1. The summed E-state index contributed by atoms with van der Waals surface area (Å²) in [7, 11) is 0. The van der Waals surface area contributed by atoms with Gasteiger partial charge in [-0.2, -0.15) is 4.98 Å². The zero-order valence-electron chi connectivity index (χ0n) is 16.8. The smallest absolute Gasteiger partial charge is 0.227 e. The molecule has 0 spiro atoms. The molecular formula is C24H28N4. The average Bonchev–Trinajstić information content (AvgIpc) is 3.28. The van der Waals surface area contributed by atoms with Crippen molar-refractivity contribution in [3.8, 4) is 11.3 Å². The van der Waals surface area contributed by atoms with Gasteiger partial charge in [0.25, 0.3) is 0 Å². The molecule has 0 N–H and O–H groups in total. The molecule has 4 heteroatoms. The first-order valence-electron chi connectivity index (χ1n) is 10.2. The first-order valence-corrected chi connectivity index (χ1v) is 10.2. The van der Waals surface area contributed by atoms with Gasteiger partial charge in [-0.15, -0.1) is 0 Å². The molecule has 1 fully saturated rings. The van der Waals surface area contributed by atoms with Crippen LogP contribution in [0.15, 0.2) is 66.7 Å². The molecular weight excluding hydrogens is 344 g/mol. The first kappa shape index (κ1) is 18.5. The van der Waals surface area contributed by atoms with Crippen LogP contribution in [0, 0.1) is 0 Å². The van der Waals surface area contributed by atoms with Crippen LogP contribution in [0.5, 0.6) is 0 Å². The van der Waals surface area contributed by atoms with Gasteiger partial charge in [0.05, 0.1) is 5.69 Å². The lowest BCUT2D eigenvalue weighted by Gasteiger charge is -2.29. The molecule has 0 unspecified atom stereocenters. The van der Waals surface area contributed by atoms with Crippen LogP contribution >= 0.6 is 0 Å². The normalized spacial score (nSPS) is 13.9. The molecule has 0 saturated carbocycles. The largest absolute Gasteiger partial charge is 0.350 e. The van der Waals surface area contributed by atoms with Crippen LogP contribution in [-0.2, 0) is 6.54 Å². The highest BCUT2D eigenvalue weighted by molar-refractivity contribution is 5.65. The number of hydrogen-bond donors (Lipinski definition) is 0. The fourth-order valence-corrected chi connectivity index (χ4v) is 3.69. The zero-order chi connectivity index (χ0) is 19.3. The Morgan fingerprint density at radius 3 is 2.18 bits per heavy atom. The fourth-order valence-electron chi connectivity index (χ4n) is 3.69. The van der Waals surface area contributed by atoms with Gasteiger partial charge in [-0.3, -0.25) is 0 Å². The first-order chi connectivity index (χ1) is 13.7. The van der Waals surface area contributed by atoms with Gasteiger partial charge in [0, 0.05) is 37.3 Å². The average molecular weight is 373 g/mol. The molecule has 1 aromatic heterocycles. The Morgan fingerprint density at radius 1 is 0.893 bits per heavy atom. The van der Waals surface area contributed by atoms with E-state index < -0.39 is 0 Å². The van der Waals surface area contributed by atoms with Gasteiger partial charge in [-0.05, 0) is 32.3 Å². The van der Waals surface area contributed by atoms with E-state index >= 15 is 0 Å². The van der Waals surface area contributed by atoms with Crippen molar-refractivity contribution in [3.05, 3.63) is 72.3 Å². The maximum atomic E-state index is 5.00. The third kappa shape index (κ3) is 4.16. The van der Waals surface area contributed by atoms with Crippen molar-refractivity contribution in [2.75, 3.05) is 22.9 Å². The molecule has 0 amide bonds. The molecule has 1 saturated heterocycles. The standard InChI is InChI=1S/C24H28N4/c1-19(2)28(18-20-11-5-3-6-12-20)23-17-22(21-13-7-4-8-14-21)25-24(26-23)27-15-9-10-16-27/h3-8,11-14,17,19H,9-10,15-16,18H2,1-2H3. The van der Waals surface area contributed by atoms with Crippen LogP contribution < -0.4 is 9.80 Å². The minimum atomic E-state index is 0.338. The molecule has 0 bridgehead atoms. The minimum absolute atomic E-state index is 0.338. The van der Waals surface area contributed by atoms with Gasteiger partial charge < -0.3 is 9.80 Å². The van der Waals surface area contributed by atoms with E-state index in [1.54, 1.807) is 0 Å². The zero-order valence-corrected chi connectivity index (χ0v) is 16.8. The summed E-state index contributed by atoms with van der Waals surface area (Å²) in [6.45, 7) is 7.37. The molecule has 0 aliphatic carbocycles. The molecule has 3 aromatic rings. The van der Waals surface area contributed by atoms with Crippen molar-refractivity contribution in [2.45, 2.75) is 39.3 Å². The monoisotopic (exact) mass is 372 g/mol. The molecule has 144 valence electrons. The van der Waals surface area contributed by atoms with Crippen molar-refractivity contribution in [1.29, 1.82) is 0 Å². The highest BCUT2D eigenvalue weighted by Gasteiger charge is 2.20. The predicted molar refractivity (Wildman–Crippen MR) is 117 cm³/mol. The highest BCUT2D eigenvalue weighted by atomic mass is 15.3. The maximum absolute atomic E-state index is 5.00. The minimum Gasteiger partial charge on any atom is -0.350 e. The van der Waals surface area contributed by atoms with Gasteiger partial charge in [0.2, 0.25) is 5.95 Å².